The number of hydrogen-bond donors (Lipinski definition) is 0. The minimum atomic E-state index is -0.221. The molecule has 4 nitrogen and oxygen atoms in total. The predicted molar refractivity (Wildman–Crippen MR) is 86.0 cm³/mol. The van der Waals surface area contributed by atoms with Crippen molar-refractivity contribution in [3.05, 3.63) is 22.4 Å². The van der Waals surface area contributed by atoms with E-state index in [9.17, 15) is 0 Å². The second-order valence-electron chi connectivity index (χ2n) is 6.69. The summed E-state index contributed by atoms with van der Waals surface area (Å²) >= 11 is 1.81. The number of hydrogen-bond acceptors (Lipinski definition) is 5. The minimum absolute atomic E-state index is 0.221. The number of morpholine rings is 1. The van der Waals surface area contributed by atoms with E-state index in [0.717, 1.165) is 51.7 Å². The van der Waals surface area contributed by atoms with Gasteiger partial charge in [0.05, 0.1) is 19.8 Å². The van der Waals surface area contributed by atoms with Crippen molar-refractivity contribution in [1.82, 2.24) is 4.90 Å². The highest BCUT2D eigenvalue weighted by atomic mass is 32.1. The zero-order valence-corrected chi connectivity index (χ0v) is 13.9. The molecule has 1 unspecified atom stereocenters. The Morgan fingerprint density at radius 2 is 2.00 bits per heavy atom. The van der Waals surface area contributed by atoms with Gasteiger partial charge in [0.15, 0.2) is 5.79 Å². The van der Waals surface area contributed by atoms with Crippen LogP contribution < -0.4 is 0 Å². The van der Waals surface area contributed by atoms with Crippen molar-refractivity contribution < 1.29 is 14.2 Å². The van der Waals surface area contributed by atoms with Gasteiger partial charge >= 0.3 is 0 Å². The number of nitrogens with zero attached hydrogens (tertiary/aromatic N) is 1. The summed E-state index contributed by atoms with van der Waals surface area (Å²) in [6.07, 6.45) is 4.85. The van der Waals surface area contributed by atoms with Crippen LogP contribution in [0.4, 0.5) is 0 Å². The van der Waals surface area contributed by atoms with Crippen molar-refractivity contribution in [3.63, 3.8) is 0 Å². The van der Waals surface area contributed by atoms with E-state index in [1.54, 1.807) is 11.3 Å². The Balaban J connectivity index is 1.28. The molecule has 0 aromatic carbocycles. The third-order valence-corrected chi connectivity index (χ3v) is 6.17. The van der Waals surface area contributed by atoms with Gasteiger partial charge in [-0.2, -0.15) is 0 Å². The summed E-state index contributed by atoms with van der Waals surface area (Å²) in [5.74, 6) is 0.557. The molecule has 0 bridgehead atoms. The first-order valence-electron chi connectivity index (χ1n) is 8.48. The maximum absolute atomic E-state index is 5.95. The van der Waals surface area contributed by atoms with Crippen LogP contribution in [-0.4, -0.2) is 50.1 Å². The summed E-state index contributed by atoms with van der Waals surface area (Å²) in [5, 5.41) is 2.14. The molecule has 22 heavy (non-hydrogen) atoms. The molecule has 3 aliphatic rings. The maximum Gasteiger partial charge on any atom is 0.168 e. The van der Waals surface area contributed by atoms with E-state index in [4.69, 9.17) is 14.2 Å². The summed E-state index contributed by atoms with van der Waals surface area (Å²) in [6, 6.07) is 4.31. The van der Waals surface area contributed by atoms with Crippen LogP contribution in [0.2, 0.25) is 0 Å². The van der Waals surface area contributed by atoms with Crippen LogP contribution in [0.1, 0.15) is 36.7 Å². The molecule has 0 N–H and O–H groups in total. The highest BCUT2D eigenvalue weighted by Crippen LogP contribution is 2.39. The molecule has 1 spiro atoms. The quantitative estimate of drug-likeness (QED) is 0.855. The van der Waals surface area contributed by atoms with E-state index >= 15 is 0 Å². The van der Waals surface area contributed by atoms with Crippen molar-refractivity contribution >= 4 is 11.3 Å². The topological polar surface area (TPSA) is 30.9 Å². The second-order valence-corrected chi connectivity index (χ2v) is 7.66. The SMILES string of the molecule is c1csc(C2CN(CC3CCC4(CC3)OCCO4)CCO2)c1. The molecule has 3 heterocycles. The molecule has 0 amide bonds. The van der Waals surface area contributed by atoms with Crippen molar-refractivity contribution in [1.29, 1.82) is 0 Å². The molecule has 4 rings (SSSR count). The highest BCUT2D eigenvalue weighted by molar-refractivity contribution is 7.10. The van der Waals surface area contributed by atoms with Gasteiger partial charge in [0.2, 0.25) is 0 Å². The van der Waals surface area contributed by atoms with Gasteiger partial charge < -0.3 is 14.2 Å². The smallest absolute Gasteiger partial charge is 0.168 e. The zero-order valence-electron chi connectivity index (χ0n) is 13.0. The molecule has 3 fully saturated rings. The average Bonchev–Trinajstić information content (AvgIpc) is 3.23. The van der Waals surface area contributed by atoms with Gasteiger partial charge in [-0.3, -0.25) is 4.90 Å². The van der Waals surface area contributed by atoms with E-state index in [2.05, 4.69) is 22.4 Å². The van der Waals surface area contributed by atoms with Gasteiger partial charge in [-0.15, -0.1) is 11.3 Å². The fraction of sp³-hybridized carbons (Fsp3) is 0.765. The van der Waals surface area contributed by atoms with Crippen molar-refractivity contribution in [3.8, 4) is 0 Å². The molecule has 2 aliphatic heterocycles. The monoisotopic (exact) mass is 323 g/mol. The van der Waals surface area contributed by atoms with Gasteiger partial charge in [-0.1, -0.05) is 6.07 Å². The Bertz CT molecular complexity index is 462. The van der Waals surface area contributed by atoms with Gasteiger partial charge in [-0.05, 0) is 30.2 Å². The van der Waals surface area contributed by atoms with Crippen molar-refractivity contribution in [2.45, 2.75) is 37.6 Å². The third-order valence-electron chi connectivity index (χ3n) is 5.21. The van der Waals surface area contributed by atoms with Crippen molar-refractivity contribution in [2.75, 3.05) is 39.5 Å². The summed E-state index contributed by atoms with van der Waals surface area (Å²) < 4.78 is 17.6. The normalized spacial score (nSPS) is 30.1. The predicted octanol–water partition coefficient (Wildman–Crippen LogP) is 3.05. The van der Waals surface area contributed by atoms with Crippen LogP contribution in [0.5, 0.6) is 0 Å². The van der Waals surface area contributed by atoms with Crippen molar-refractivity contribution in [2.24, 2.45) is 5.92 Å². The summed E-state index contributed by atoms with van der Waals surface area (Å²) in [7, 11) is 0. The Labute approximate surface area is 136 Å². The molecular weight excluding hydrogens is 298 g/mol. The molecule has 1 atom stereocenters. The fourth-order valence-corrected chi connectivity index (χ4v) is 4.73. The van der Waals surface area contributed by atoms with E-state index in [1.165, 1.54) is 24.3 Å². The number of rotatable bonds is 3. The maximum atomic E-state index is 5.95. The molecule has 1 saturated carbocycles. The molecule has 1 aromatic heterocycles. The Hall–Kier alpha value is -0.460. The second kappa shape index (κ2) is 6.57. The van der Waals surface area contributed by atoms with E-state index in [-0.39, 0.29) is 11.9 Å². The molecule has 0 radical (unpaired) electrons. The number of thiophene rings is 1. The Morgan fingerprint density at radius 3 is 2.73 bits per heavy atom. The van der Waals surface area contributed by atoms with Crippen LogP contribution in [-0.2, 0) is 14.2 Å². The lowest BCUT2D eigenvalue weighted by Crippen LogP contribution is -2.43. The largest absolute Gasteiger partial charge is 0.370 e. The zero-order chi connectivity index (χ0) is 14.8. The van der Waals surface area contributed by atoms with Crippen LogP contribution in [0, 0.1) is 5.92 Å². The van der Waals surface area contributed by atoms with Crippen LogP contribution in [0.25, 0.3) is 0 Å². The van der Waals surface area contributed by atoms with Gasteiger partial charge in [0.1, 0.15) is 6.10 Å². The van der Waals surface area contributed by atoms with Crippen LogP contribution in [0.3, 0.4) is 0 Å². The van der Waals surface area contributed by atoms with E-state index in [1.807, 2.05) is 0 Å². The lowest BCUT2D eigenvalue weighted by molar-refractivity contribution is -0.183. The molecule has 2 saturated heterocycles. The first kappa shape index (κ1) is 15.1. The fourth-order valence-electron chi connectivity index (χ4n) is 3.97. The average molecular weight is 323 g/mol. The van der Waals surface area contributed by atoms with Crippen LogP contribution in [0.15, 0.2) is 17.5 Å². The van der Waals surface area contributed by atoms with E-state index in [0.29, 0.717) is 0 Å². The highest BCUT2D eigenvalue weighted by Gasteiger charge is 2.40. The molecule has 1 aromatic rings. The molecule has 5 heteroatoms. The van der Waals surface area contributed by atoms with E-state index < -0.39 is 0 Å². The minimum Gasteiger partial charge on any atom is -0.370 e. The summed E-state index contributed by atoms with van der Waals surface area (Å²) in [6.45, 7) is 5.70. The summed E-state index contributed by atoms with van der Waals surface area (Å²) in [4.78, 5) is 3.95. The lowest BCUT2D eigenvalue weighted by atomic mass is 9.84. The first-order chi connectivity index (χ1) is 10.8. The Kier molecular flexibility index (Phi) is 4.51. The first-order valence-corrected chi connectivity index (χ1v) is 9.36. The summed E-state index contributed by atoms with van der Waals surface area (Å²) in [5.41, 5.74) is 0. The van der Waals surface area contributed by atoms with Gasteiger partial charge in [-0.25, -0.2) is 0 Å². The standard InChI is InChI=1S/C17H25NO3S/c1-2-16(22-11-1)15-13-18(7-8-19-15)12-14-3-5-17(6-4-14)20-9-10-21-17/h1-2,11,14-15H,3-10,12-13H2. The third kappa shape index (κ3) is 3.24. The Morgan fingerprint density at radius 1 is 1.18 bits per heavy atom. The van der Waals surface area contributed by atoms with Crippen LogP contribution >= 0.6 is 11.3 Å². The lowest BCUT2D eigenvalue weighted by Gasteiger charge is -2.39. The van der Waals surface area contributed by atoms with Gasteiger partial charge in [0, 0.05) is 37.4 Å². The molecule has 1 aliphatic carbocycles. The molecule has 122 valence electrons. The molecular formula is C17H25NO3S. The number of ether oxygens (including phenoxy) is 3. The van der Waals surface area contributed by atoms with Gasteiger partial charge in [0.25, 0.3) is 0 Å².